The summed E-state index contributed by atoms with van der Waals surface area (Å²) in [6.45, 7) is 0. The van der Waals surface area contributed by atoms with Crippen LogP contribution in [0.1, 0.15) is 127 Å². The molecule has 4 aliphatic carbocycles. The second-order valence-electron chi connectivity index (χ2n) is 15.8. The maximum Gasteiger partial charge on any atom is 0.197 e. The number of carbonyl (C=O) groups excluding carboxylic acids is 4. The molecule has 2 aliphatic heterocycles. The van der Waals surface area contributed by atoms with Crippen molar-refractivity contribution in [1.29, 1.82) is 0 Å². The number of allylic oxidation sites excluding steroid dienone is 2. The Balaban J connectivity index is 0.999. The van der Waals surface area contributed by atoms with Crippen molar-refractivity contribution < 1.29 is 28.7 Å². The summed E-state index contributed by atoms with van der Waals surface area (Å²) >= 11 is 6.75. The summed E-state index contributed by atoms with van der Waals surface area (Å²) in [5.74, 6) is 0.993. The number of carbonyl (C=O) groups is 4. The summed E-state index contributed by atoms with van der Waals surface area (Å²) < 4.78 is 16.8. The van der Waals surface area contributed by atoms with Gasteiger partial charge in [-0.05, 0) is 75.7 Å². The molecule has 0 atom stereocenters. The zero-order valence-electron chi connectivity index (χ0n) is 30.1. The molecule has 0 radical (unpaired) electrons. The topological polar surface area (TPSA) is 86.7 Å². The number of hydrogen-bond donors (Lipinski definition) is 0. The molecule has 0 unspecified atom stereocenters. The predicted octanol–water partition coefficient (Wildman–Crippen LogP) is 12.4. The van der Waals surface area contributed by atoms with Crippen LogP contribution in [0.5, 0.6) is 11.5 Å². The normalized spacial score (nSPS) is 19.7. The molecule has 0 amide bonds. The summed E-state index contributed by atoms with van der Waals surface area (Å²) in [5, 5.41) is 0. The number of ether oxygens (including phenoxy) is 2. The van der Waals surface area contributed by atoms with E-state index in [0.29, 0.717) is 22.3 Å². The van der Waals surface area contributed by atoms with Gasteiger partial charge in [-0.3, -0.25) is 19.2 Å². The lowest BCUT2D eigenvalue weighted by Crippen LogP contribution is -2.37. The van der Waals surface area contributed by atoms with Crippen molar-refractivity contribution in [2.45, 2.75) is 75.4 Å². The Labute approximate surface area is 338 Å². The zero-order chi connectivity index (χ0) is 37.5. The molecule has 276 valence electrons. The van der Waals surface area contributed by atoms with Crippen LogP contribution in [0, 0.1) is 0 Å². The van der Waals surface area contributed by atoms with Crippen LogP contribution < -0.4 is 9.47 Å². The summed E-state index contributed by atoms with van der Waals surface area (Å²) in [5.41, 5.74) is 3.73. The predicted molar refractivity (Wildman–Crippen MR) is 223 cm³/mol. The molecule has 6 heterocycles. The Morgan fingerprint density at radius 3 is 1.18 bits per heavy atom. The van der Waals surface area contributed by atoms with Crippen LogP contribution in [0.15, 0.2) is 71.8 Å². The zero-order valence-corrected chi connectivity index (χ0v) is 33.3. The average Bonchev–Trinajstić information content (AvgIpc) is 4.07. The van der Waals surface area contributed by atoms with Gasteiger partial charge in [0.25, 0.3) is 0 Å². The third kappa shape index (κ3) is 4.52. The van der Waals surface area contributed by atoms with Gasteiger partial charge in [0, 0.05) is 43.1 Å². The quantitative estimate of drug-likeness (QED) is 0.128. The fourth-order valence-corrected chi connectivity index (χ4v) is 15.2. The number of thiophene rings is 4. The van der Waals surface area contributed by atoms with E-state index in [0.717, 1.165) is 91.8 Å². The summed E-state index contributed by atoms with van der Waals surface area (Å²) in [6.07, 6.45) is 13.8. The van der Waals surface area contributed by atoms with E-state index in [2.05, 4.69) is 12.1 Å². The molecule has 0 bridgehead atoms. The number of ketones is 4. The standard InChI is InChI=1S/C46H32O6S4/c47-33-25-11-3-4-12-26(25)34(48)29(33)19-23-21-31-39(53-23)41-37(51-45(31)15-7-1-8-16-45)43-44(55-41)38-42(56-43)40-32(46(52-38)17-9-2-10-18-46)22-24(54-40)20-30-35(49)27-13-5-6-14-28(27)36(30)50/h3-6,11-14,19-22H,1-2,7-10,15-18H2. The molecule has 12 rings (SSSR count). The highest BCUT2D eigenvalue weighted by Gasteiger charge is 2.49. The fraction of sp³-hybridized carbons (Fsp3) is 0.261. The monoisotopic (exact) mass is 808 g/mol. The van der Waals surface area contributed by atoms with Gasteiger partial charge < -0.3 is 9.47 Å². The van der Waals surface area contributed by atoms with E-state index in [1.807, 2.05) is 0 Å². The van der Waals surface area contributed by atoms with Crippen LogP contribution in [0.4, 0.5) is 0 Å². The van der Waals surface area contributed by atoms with Crippen molar-refractivity contribution in [2.75, 3.05) is 0 Å². The van der Waals surface area contributed by atoms with E-state index in [9.17, 15) is 19.2 Å². The molecular weight excluding hydrogens is 777 g/mol. The number of hydrogen-bond acceptors (Lipinski definition) is 10. The first-order valence-electron chi connectivity index (χ1n) is 19.4. The molecular formula is C46H32O6S4. The van der Waals surface area contributed by atoms with Gasteiger partial charge in [-0.1, -0.05) is 61.4 Å². The Kier molecular flexibility index (Phi) is 7.10. The van der Waals surface area contributed by atoms with Gasteiger partial charge in [-0.15, -0.1) is 45.3 Å². The molecule has 10 heteroatoms. The highest BCUT2D eigenvalue weighted by atomic mass is 32.1. The van der Waals surface area contributed by atoms with Crippen molar-refractivity contribution in [3.8, 4) is 31.0 Å². The highest BCUT2D eigenvalue weighted by Crippen LogP contribution is 2.66. The van der Waals surface area contributed by atoms with E-state index in [4.69, 9.17) is 9.47 Å². The minimum Gasteiger partial charge on any atom is -0.479 e. The minimum atomic E-state index is -0.476. The molecule has 6 aromatic rings. The van der Waals surface area contributed by atoms with Crippen LogP contribution in [-0.2, 0) is 11.2 Å². The third-order valence-electron chi connectivity index (χ3n) is 12.6. The molecule has 6 nitrogen and oxygen atoms in total. The molecule has 2 spiro atoms. The van der Waals surface area contributed by atoms with Gasteiger partial charge in [0.2, 0.25) is 0 Å². The van der Waals surface area contributed by atoms with Crippen LogP contribution in [-0.4, -0.2) is 23.1 Å². The average molecular weight is 809 g/mol. The van der Waals surface area contributed by atoms with Crippen molar-refractivity contribution in [3.05, 3.63) is 115 Å². The van der Waals surface area contributed by atoms with Crippen LogP contribution in [0.25, 0.3) is 41.1 Å². The molecule has 2 fully saturated rings. The van der Waals surface area contributed by atoms with Crippen molar-refractivity contribution in [1.82, 2.24) is 0 Å². The number of Topliss-reactive ketones (excluding diaryl/α,β-unsaturated/α-hetero) is 4. The lowest BCUT2D eigenvalue weighted by atomic mass is 9.78. The number of benzene rings is 2. The Morgan fingerprint density at radius 2 is 0.821 bits per heavy atom. The van der Waals surface area contributed by atoms with Gasteiger partial charge in [-0.25, -0.2) is 0 Å². The van der Waals surface area contributed by atoms with Gasteiger partial charge in [0.15, 0.2) is 34.6 Å². The molecule has 0 N–H and O–H groups in total. The first-order valence-corrected chi connectivity index (χ1v) is 22.7. The van der Waals surface area contributed by atoms with Crippen molar-refractivity contribution in [2.24, 2.45) is 0 Å². The largest absolute Gasteiger partial charge is 0.479 e. The molecule has 6 aliphatic rings. The second-order valence-corrected chi connectivity index (χ2v) is 20.0. The lowest BCUT2D eigenvalue weighted by molar-refractivity contribution is 0.0258. The summed E-state index contributed by atoms with van der Waals surface area (Å²) in [4.78, 5) is 59.9. The Morgan fingerprint density at radius 1 is 0.464 bits per heavy atom. The summed E-state index contributed by atoms with van der Waals surface area (Å²) in [7, 11) is 0. The maximum atomic E-state index is 13.4. The number of fused-ring (bicyclic) bond motifs is 13. The molecule has 2 aromatic carbocycles. The van der Waals surface area contributed by atoms with Crippen LogP contribution in [0.2, 0.25) is 0 Å². The second kappa shape index (κ2) is 11.9. The Hall–Kier alpha value is -4.74. The molecule has 4 aromatic heterocycles. The van der Waals surface area contributed by atoms with E-state index >= 15 is 0 Å². The van der Waals surface area contributed by atoms with E-state index < -0.39 is 11.2 Å². The fourth-order valence-electron chi connectivity index (χ4n) is 9.94. The molecule has 0 saturated heterocycles. The summed E-state index contributed by atoms with van der Waals surface area (Å²) in [6, 6.07) is 18.5. The van der Waals surface area contributed by atoms with E-state index in [1.165, 1.54) is 33.7 Å². The van der Waals surface area contributed by atoms with Gasteiger partial charge >= 0.3 is 0 Å². The first-order chi connectivity index (χ1) is 27.3. The van der Waals surface area contributed by atoms with E-state index in [-0.39, 0.29) is 34.3 Å². The highest BCUT2D eigenvalue weighted by molar-refractivity contribution is 7.35. The third-order valence-corrected chi connectivity index (χ3v) is 17.6. The molecule has 2 saturated carbocycles. The van der Waals surface area contributed by atoms with Crippen molar-refractivity contribution >= 4 is 90.0 Å². The van der Waals surface area contributed by atoms with Gasteiger partial charge in [0.05, 0.1) is 40.1 Å². The lowest BCUT2D eigenvalue weighted by Gasteiger charge is -2.41. The van der Waals surface area contributed by atoms with Gasteiger partial charge in [0.1, 0.15) is 11.2 Å². The first kappa shape index (κ1) is 33.4. The van der Waals surface area contributed by atoms with E-state index in [1.54, 1.807) is 106 Å². The van der Waals surface area contributed by atoms with Gasteiger partial charge in [-0.2, -0.15) is 0 Å². The maximum absolute atomic E-state index is 13.4. The number of rotatable bonds is 2. The van der Waals surface area contributed by atoms with Crippen LogP contribution in [0.3, 0.4) is 0 Å². The van der Waals surface area contributed by atoms with Crippen LogP contribution >= 0.6 is 45.3 Å². The molecule has 56 heavy (non-hydrogen) atoms. The SMILES string of the molecule is O=C1C(=Cc2cc3c(s2)-c2sc4c5c(sc4c2OC32CCCCC2)-c2sc(C=C3C(=O)c4ccccc4C3=O)cc2C2(CCCCC2)O5)C(=O)c2ccccc21. The van der Waals surface area contributed by atoms with Crippen molar-refractivity contribution in [3.63, 3.8) is 0 Å². The Bertz CT molecular complexity index is 2590. The smallest absolute Gasteiger partial charge is 0.197 e. The minimum absolute atomic E-state index is 0.211.